The van der Waals surface area contributed by atoms with Crippen molar-refractivity contribution in [3.63, 3.8) is 0 Å². The van der Waals surface area contributed by atoms with Gasteiger partial charge in [-0.05, 0) is 39.2 Å². The van der Waals surface area contributed by atoms with Crippen LogP contribution in [0.2, 0.25) is 0 Å². The molecule has 1 rings (SSSR count). The average molecular weight is 511 g/mol. The number of hydrogen-bond acceptors (Lipinski definition) is 8. The summed E-state index contributed by atoms with van der Waals surface area (Å²) in [6.07, 6.45) is 3.67. The maximum atomic E-state index is 13.2. The maximum absolute atomic E-state index is 13.2. The van der Waals surface area contributed by atoms with E-state index in [1.54, 1.807) is 24.3 Å². The summed E-state index contributed by atoms with van der Waals surface area (Å²) in [6.45, 7) is 10.1. The summed E-state index contributed by atoms with van der Waals surface area (Å²) >= 11 is 1.40. The lowest BCUT2D eigenvalue weighted by Crippen LogP contribution is -2.49. The Labute approximate surface area is 213 Å². The predicted molar refractivity (Wildman–Crippen MR) is 137 cm³/mol. The quantitative estimate of drug-likeness (QED) is 0.244. The number of carbonyl (C=O) groups excluding carboxylic acids is 4. The summed E-state index contributed by atoms with van der Waals surface area (Å²) in [7, 11) is 1.76. The molecule has 2 unspecified atom stereocenters. The van der Waals surface area contributed by atoms with E-state index in [0.29, 0.717) is 50.9 Å². The molecule has 0 aromatic carbocycles. The summed E-state index contributed by atoms with van der Waals surface area (Å²) in [5.74, 6) is -0.509. The number of Topliss-reactive ketones (excluding diaryl/α,β-unsaturated/α-hetero) is 1. The van der Waals surface area contributed by atoms with Crippen LogP contribution >= 0.6 is 11.3 Å². The van der Waals surface area contributed by atoms with Gasteiger partial charge in [0.25, 0.3) is 5.91 Å². The molecule has 0 saturated carbocycles. The molecule has 1 heterocycles. The molecule has 9 nitrogen and oxygen atoms in total. The minimum absolute atomic E-state index is 0.0729. The number of aryl methyl sites for hydroxylation is 1. The molecule has 0 spiro atoms. The van der Waals surface area contributed by atoms with Crippen molar-refractivity contribution in [3.05, 3.63) is 16.1 Å². The van der Waals surface area contributed by atoms with Gasteiger partial charge in [0.2, 0.25) is 5.91 Å². The van der Waals surface area contributed by atoms with Crippen LogP contribution in [0.15, 0.2) is 5.38 Å². The number of aromatic nitrogens is 1. The number of ether oxygens (including phenoxy) is 1. The number of thiazole rings is 1. The smallest absolute Gasteiger partial charge is 0.307 e. The molecule has 0 saturated heterocycles. The van der Waals surface area contributed by atoms with Gasteiger partial charge in [0, 0.05) is 37.2 Å². The fourth-order valence-corrected chi connectivity index (χ4v) is 4.22. The molecule has 0 aliphatic rings. The highest BCUT2D eigenvalue weighted by atomic mass is 32.1. The number of esters is 1. The number of amides is 2. The molecule has 0 bridgehead atoms. The van der Waals surface area contributed by atoms with Crippen LogP contribution < -0.4 is 10.6 Å². The van der Waals surface area contributed by atoms with Crippen LogP contribution in [0.3, 0.4) is 0 Å². The van der Waals surface area contributed by atoms with Gasteiger partial charge in [0.15, 0.2) is 6.73 Å². The van der Waals surface area contributed by atoms with E-state index in [-0.39, 0.29) is 48.2 Å². The highest BCUT2D eigenvalue weighted by molar-refractivity contribution is 7.09. The monoisotopic (exact) mass is 510 g/mol. The Morgan fingerprint density at radius 1 is 1.20 bits per heavy atom. The first-order chi connectivity index (χ1) is 16.6. The Morgan fingerprint density at radius 3 is 2.51 bits per heavy atom. The van der Waals surface area contributed by atoms with Crippen molar-refractivity contribution in [1.82, 2.24) is 20.5 Å². The predicted octanol–water partition coefficient (Wildman–Crippen LogP) is 3.18. The molecule has 1 aromatic heterocycles. The topological polar surface area (TPSA) is 118 Å². The van der Waals surface area contributed by atoms with Crippen LogP contribution in [-0.2, 0) is 25.5 Å². The van der Waals surface area contributed by atoms with E-state index in [1.807, 2.05) is 27.7 Å². The Hall–Kier alpha value is -2.33. The Bertz CT molecular complexity index is 829. The van der Waals surface area contributed by atoms with Crippen molar-refractivity contribution in [2.45, 2.75) is 79.2 Å². The van der Waals surface area contributed by atoms with Crippen LogP contribution in [-0.4, -0.2) is 66.4 Å². The molecule has 198 valence electrons. The molecule has 10 heteroatoms. The molecule has 0 aliphatic heterocycles. The van der Waals surface area contributed by atoms with Gasteiger partial charge >= 0.3 is 5.97 Å². The fourth-order valence-electron chi connectivity index (χ4n) is 3.40. The zero-order valence-electron chi connectivity index (χ0n) is 22.0. The molecular weight excluding hydrogens is 468 g/mol. The largest absolute Gasteiger partial charge is 0.444 e. The lowest BCUT2D eigenvalue weighted by molar-refractivity contribution is -0.154. The minimum Gasteiger partial charge on any atom is -0.444 e. The number of nitrogens with zero attached hydrogens (tertiary/aromatic N) is 2. The van der Waals surface area contributed by atoms with Gasteiger partial charge in [-0.2, -0.15) is 0 Å². The van der Waals surface area contributed by atoms with Crippen molar-refractivity contribution in [2.24, 2.45) is 11.8 Å². The molecule has 0 aliphatic carbocycles. The number of rotatable bonds is 17. The maximum Gasteiger partial charge on any atom is 0.307 e. The summed E-state index contributed by atoms with van der Waals surface area (Å²) in [6, 6.07) is -0.356. The second-order valence-electron chi connectivity index (χ2n) is 8.94. The van der Waals surface area contributed by atoms with Crippen molar-refractivity contribution in [1.29, 1.82) is 0 Å². The van der Waals surface area contributed by atoms with E-state index in [0.717, 1.165) is 11.4 Å². The highest BCUT2D eigenvalue weighted by Crippen LogP contribution is 2.15. The molecule has 35 heavy (non-hydrogen) atoms. The van der Waals surface area contributed by atoms with Gasteiger partial charge in [-0.1, -0.05) is 34.1 Å². The lowest BCUT2D eigenvalue weighted by Gasteiger charge is -2.29. The zero-order chi connectivity index (χ0) is 26.4. The highest BCUT2D eigenvalue weighted by Gasteiger charge is 2.27. The third kappa shape index (κ3) is 10.9. The first-order valence-corrected chi connectivity index (χ1v) is 13.4. The third-order valence-corrected chi connectivity index (χ3v) is 7.01. The number of hydrogen-bond donors (Lipinski definition) is 2. The van der Waals surface area contributed by atoms with E-state index in [9.17, 15) is 19.2 Å². The molecular formula is C25H42N4O5S. The van der Waals surface area contributed by atoms with E-state index in [4.69, 9.17) is 4.74 Å². The first kappa shape index (κ1) is 30.7. The van der Waals surface area contributed by atoms with Gasteiger partial charge in [-0.15, -0.1) is 11.3 Å². The fraction of sp³-hybridized carbons (Fsp3) is 0.720. The van der Waals surface area contributed by atoms with Crippen LogP contribution in [0, 0.1) is 11.8 Å². The van der Waals surface area contributed by atoms with Crippen molar-refractivity contribution < 1.29 is 23.9 Å². The van der Waals surface area contributed by atoms with E-state index in [2.05, 4.69) is 15.6 Å². The van der Waals surface area contributed by atoms with Crippen LogP contribution in [0.1, 0.15) is 82.2 Å². The van der Waals surface area contributed by atoms with Gasteiger partial charge in [0.1, 0.15) is 11.5 Å². The Kier molecular flexibility index (Phi) is 14.4. The minimum atomic E-state index is -0.356. The van der Waals surface area contributed by atoms with Gasteiger partial charge in [0.05, 0.1) is 11.0 Å². The summed E-state index contributed by atoms with van der Waals surface area (Å²) in [5.41, 5.74) is 0.355. The SMILES string of the molecule is CCCC(=O)OCN(CCCc1nc(C(=O)NCC[C@H](C)C(C)=O)cs1)C(=O)C(NC)C(C)CC. The molecule has 0 radical (unpaired) electrons. The van der Waals surface area contributed by atoms with Crippen molar-refractivity contribution in [3.8, 4) is 0 Å². The number of carbonyl (C=O) groups is 4. The summed E-state index contributed by atoms with van der Waals surface area (Å²) in [5, 5.41) is 8.42. The number of ketones is 1. The second kappa shape index (κ2) is 16.4. The molecule has 0 fully saturated rings. The summed E-state index contributed by atoms with van der Waals surface area (Å²) in [4.78, 5) is 54.7. The molecule has 1 aromatic rings. The Balaban J connectivity index is 2.68. The molecule has 2 N–H and O–H groups in total. The van der Waals surface area contributed by atoms with E-state index in [1.165, 1.54) is 11.3 Å². The standard InChI is InChI=1S/C25H42N4O5S/c1-7-10-22(31)34-16-29(25(33)23(26-6)17(3)8-2)14-9-11-21-28-20(15-35-21)24(32)27-13-12-18(4)19(5)30/h15,17-18,23,26H,7-14,16H2,1-6H3,(H,27,32)/t17?,18-,23?/m0/s1. The number of likely N-dealkylation sites (N-methyl/N-ethyl adjacent to an activating group) is 1. The van der Waals surface area contributed by atoms with Gasteiger partial charge in [-0.3, -0.25) is 19.2 Å². The third-order valence-electron chi connectivity index (χ3n) is 6.10. The second-order valence-corrected chi connectivity index (χ2v) is 9.88. The Morgan fingerprint density at radius 2 is 1.91 bits per heavy atom. The van der Waals surface area contributed by atoms with E-state index >= 15 is 0 Å². The molecule has 3 atom stereocenters. The van der Waals surface area contributed by atoms with Crippen molar-refractivity contribution >= 4 is 34.9 Å². The zero-order valence-corrected chi connectivity index (χ0v) is 22.8. The van der Waals surface area contributed by atoms with Crippen LogP contribution in [0.4, 0.5) is 0 Å². The van der Waals surface area contributed by atoms with Gasteiger partial charge in [-0.25, -0.2) is 4.98 Å². The van der Waals surface area contributed by atoms with Gasteiger partial charge < -0.3 is 20.3 Å². The number of nitrogens with one attached hydrogen (secondary N) is 2. The normalized spacial score (nSPS) is 13.5. The van der Waals surface area contributed by atoms with Crippen LogP contribution in [0.5, 0.6) is 0 Å². The summed E-state index contributed by atoms with van der Waals surface area (Å²) < 4.78 is 5.33. The van der Waals surface area contributed by atoms with E-state index < -0.39 is 0 Å². The first-order valence-electron chi connectivity index (χ1n) is 12.5. The van der Waals surface area contributed by atoms with Crippen molar-refractivity contribution in [2.75, 3.05) is 26.9 Å². The lowest BCUT2D eigenvalue weighted by atomic mass is 9.98. The average Bonchev–Trinajstić information content (AvgIpc) is 3.30. The van der Waals surface area contributed by atoms with Crippen LogP contribution in [0.25, 0.3) is 0 Å². The molecule has 2 amide bonds.